The Labute approximate surface area is 243 Å². The molecule has 230 valence electrons. The molecule has 0 bridgehead atoms. The lowest BCUT2D eigenvalue weighted by Crippen LogP contribution is -2.54. The van der Waals surface area contributed by atoms with Crippen molar-refractivity contribution < 1.29 is 33.4 Å². The van der Waals surface area contributed by atoms with E-state index < -0.39 is 53.9 Å². The average molecular weight is 577 g/mol. The van der Waals surface area contributed by atoms with Gasteiger partial charge < -0.3 is 30.7 Å². The molecular weight excluding hydrogens is 528 g/mol. The summed E-state index contributed by atoms with van der Waals surface area (Å²) in [5, 5.41) is 5.23. The monoisotopic (exact) mass is 576 g/mol. The van der Waals surface area contributed by atoms with Crippen LogP contribution in [0.2, 0.25) is 0 Å². The highest BCUT2D eigenvalue weighted by atomic mass is 16.6. The summed E-state index contributed by atoms with van der Waals surface area (Å²) >= 11 is 0. The molecule has 11 heteroatoms. The van der Waals surface area contributed by atoms with Crippen LogP contribution in [0.3, 0.4) is 0 Å². The number of benzene rings is 1. The number of amides is 4. The van der Waals surface area contributed by atoms with Gasteiger partial charge in [0.05, 0.1) is 19.4 Å². The standard InChI is InChI=1S/C30H48N4O7/c1-7-10-11-12-19-34(28(38)23(20-24(31)35)33-29(39)41-30(4,5)6)26(22-15-13-21(8-2)14-16-22)27(37)32-18-17-25(36)40-9-3/h13-16,23,26H,7-12,17-20H2,1-6H3,(H2,31,35)(H,32,37)(H,33,39). The van der Waals surface area contributed by atoms with Gasteiger partial charge in [0, 0.05) is 13.1 Å². The molecular formula is C30H48N4O7. The van der Waals surface area contributed by atoms with Gasteiger partial charge in [0.15, 0.2) is 0 Å². The predicted molar refractivity (Wildman–Crippen MR) is 156 cm³/mol. The molecule has 0 saturated carbocycles. The van der Waals surface area contributed by atoms with Gasteiger partial charge >= 0.3 is 12.1 Å². The number of rotatable bonds is 17. The van der Waals surface area contributed by atoms with Crippen molar-refractivity contribution in [3.63, 3.8) is 0 Å². The lowest BCUT2D eigenvalue weighted by Gasteiger charge is -2.34. The summed E-state index contributed by atoms with van der Waals surface area (Å²) in [6, 6.07) is 4.89. The van der Waals surface area contributed by atoms with Crippen LogP contribution in [-0.2, 0) is 35.1 Å². The van der Waals surface area contributed by atoms with Crippen LogP contribution in [0.4, 0.5) is 4.79 Å². The Morgan fingerprint density at radius 1 is 0.976 bits per heavy atom. The van der Waals surface area contributed by atoms with Crippen LogP contribution in [0.15, 0.2) is 24.3 Å². The molecule has 0 radical (unpaired) electrons. The first kappa shape index (κ1) is 35.4. The highest BCUT2D eigenvalue weighted by Crippen LogP contribution is 2.25. The lowest BCUT2D eigenvalue weighted by molar-refractivity contribution is -0.144. The van der Waals surface area contributed by atoms with Crippen LogP contribution in [0, 0.1) is 0 Å². The minimum absolute atomic E-state index is 0.0138. The molecule has 1 aromatic carbocycles. The molecule has 4 N–H and O–H groups in total. The van der Waals surface area contributed by atoms with Gasteiger partial charge in [-0.25, -0.2) is 4.79 Å². The maximum absolute atomic E-state index is 14.0. The fraction of sp³-hybridized carbons (Fsp3) is 0.633. The van der Waals surface area contributed by atoms with E-state index in [4.69, 9.17) is 15.2 Å². The average Bonchev–Trinajstić information content (AvgIpc) is 2.88. The number of esters is 1. The van der Waals surface area contributed by atoms with Crippen molar-refractivity contribution in [2.75, 3.05) is 19.7 Å². The van der Waals surface area contributed by atoms with Crippen LogP contribution in [0.25, 0.3) is 0 Å². The molecule has 0 fully saturated rings. The Kier molecular flexibility index (Phi) is 15.5. The van der Waals surface area contributed by atoms with Gasteiger partial charge in [0.2, 0.25) is 17.7 Å². The largest absolute Gasteiger partial charge is 0.466 e. The van der Waals surface area contributed by atoms with E-state index >= 15 is 0 Å². The highest BCUT2D eigenvalue weighted by Gasteiger charge is 2.36. The Balaban J connectivity index is 3.47. The number of primary amides is 1. The number of hydrogen-bond donors (Lipinski definition) is 3. The van der Waals surface area contributed by atoms with Crippen molar-refractivity contribution >= 4 is 29.8 Å². The van der Waals surface area contributed by atoms with Crippen LogP contribution < -0.4 is 16.4 Å². The number of carbonyl (C=O) groups excluding carboxylic acids is 5. The zero-order valence-electron chi connectivity index (χ0n) is 25.4. The van der Waals surface area contributed by atoms with E-state index in [2.05, 4.69) is 17.6 Å². The first-order valence-electron chi connectivity index (χ1n) is 14.4. The Hall–Kier alpha value is -3.63. The summed E-state index contributed by atoms with van der Waals surface area (Å²) in [6.45, 7) is 11.2. The molecule has 11 nitrogen and oxygen atoms in total. The number of alkyl carbamates (subject to hydrolysis) is 1. The topological polar surface area (TPSA) is 157 Å². The first-order chi connectivity index (χ1) is 19.3. The molecule has 1 rings (SSSR count). The molecule has 0 heterocycles. The number of nitrogens with one attached hydrogen (secondary N) is 2. The van der Waals surface area contributed by atoms with Gasteiger partial charge in [-0.15, -0.1) is 0 Å². The van der Waals surface area contributed by atoms with E-state index in [9.17, 15) is 24.0 Å². The van der Waals surface area contributed by atoms with Crippen LogP contribution in [0.1, 0.15) is 97.2 Å². The fourth-order valence-electron chi connectivity index (χ4n) is 4.15. The van der Waals surface area contributed by atoms with Gasteiger partial charge in [-0.05, 0) is 51.7 Å². The Morgan fingerprint density at radius 2 is 1.63 bits per heavy atom. The Bertz CT molecular complexity index is 1010. The molecule has 0 aromatic heterocycles. The third-order valence-electron chi connectivity index (χ3n) is 6.13. The molecule has 41 heavy (non-hydrogen) atoms. The van der Waals surface area contributed by atoms with Gasteiger partial charge in [0.25, 0.3) is 0 Å². The second-order valence-electron chi connectivity index (χ2n) is 10.8. The van der Waals surface area contributed by atoms with E-state index in [1.54, 1.807) is 39.8 Å². The summed E-state index contributed by atoms with van der Waals surface area (Å²) in [5.41, 5.74) is 6.21. The maximum Gasteiger partial charge on any atom is 0.408 e. The molecule has 0 aliphatic carbocycles. The van der Waals surface area contributed by atoms with E-state index in [1.807, 2.05) is 19.1 Å². The number of hydrogen-bond acceptors (Lipinski definition) is 7. The second kappa shape index (κ2) is 17.9. The molecule has 0 saturated heterocycles. The zero-order chi connectivity index (χ0) is 31.0. The minimum Gasteiger partial charge on any atom is -0.466 e. The molecule has 2 atom stereocenters. The summed E-state index contributed by atoms with van der Waals surface area (Å²) < 4.78 is 10.3. The molecule has 0 aliphatic heterocycles. The molecule has 1 aromatic rings. The smallest absolute Gasteiger partial charge is 0.408 e. The summed E-state index contributed by atoms with van der Waals surface area (Å²) in [5.74, 6) is -2.39. The van der Waals surface area contributed by atoms with Gasteiger partial charge in [-0.1, -0.05) is 57.4 Å². The molecule has 0 aliphatic rings. The number of nitrogens with two attached hydrogens (primary N) is 1. The molecule has 4 amide bonds. The fourth-order valence-corrected chi connectivity index (χ4v) is 4.15. The third-order valence-corrected chi connectivity index (χ3v) is 6.13. The van der Waals surface area contributed by atoms with Crippen molar-refractivity contribution in [1.29, 1.82) is 0 Å². The second-order valence-corrected chi connectivity index (χ2v) is 10.8. The lowest BCUT2D eigenvalue weighted by atomic mass is 9.99. The summed E-state index contributed by atoms with van der Waals surface area (Å²) in [6.07, 6.45) is 2.70. The van der Waals surface area contributed by atoms with Crippen LogP contribution in [0.5, 0.6) is 0 Å². The highest BCUT2D eigenvalue weighted by molar-refractivity contribution is 5.94. The number of carbonyl (C=O) groups is 5. The number of unbranched alkanes of at least 4 members (excludes halogenated alkanes) is 3. The van der Waals surface area contributed by atoms with Crippen molar-refractivity contribution in [2.24, 2.45) is 5.73 Å². The van der Waals surface area contributed by atoms with E-state index in [1.165, 1.54) is 4.90 Å². The van der Waals surface area contributed by atoms with Crippen molar-refractivity contribution in [1.82, 2.24) is 15.5 Å². The predicted octanol–water partition coefficient (Wildman–Crippen LogP) is 3.54. The van der Waals surface area contributed by atoms with Crippen LogP contribution >= 0.6 is 0 Å². The number of ether oxygens (including phenoxy) is 2. The van der Waals surface area contributed by atoms with Gasteiger partial charge in [-0.3, -0.25) is 19.2 Å². The summed E-state index contributed by atoms with van der Waals surface area (Å²) in [4.78, 5) is 65.5. The normalized spacial score (nSPS) is 12.5. The number of nitrogens with zero attached hydrogens (tertiary/aromatic N) is 1. The zero-order valence-corrected chi connectivity index (χ0v) is 25.4. The molecule has 0 spiro atoms. The van der Waals surface area contributed by atoms with E-state index in [-0.39, 0.29) is 26.1 Å². The van der Waals surface area contributed by atoms with Crippen molar-refractivity contribution in [3.8, 4) is 0 Å². The summed E-state index contributed by atoms with van der Waals surface area (Å²) in [7, 11) is 0. The minimum atomic E-state index is -1.35. The Morgan fingerprint density at radius 3 is 2.17 bits per heavy atom. The van der Waals surface area contributed by atoms with Crippen molar-refractivity contribution in [2.45, 2.75) is 104 Å². The van der Waals surface area contributed by atoms with Gasteiger partial charge in [-0.2, -0.15) is 0 Å². The number of aryl methyl sites for hydroxylation is 1. The SMILES string of the molecule is CCCCCCN(C(=O)C(CC(N)=O)NC(=O)OC(C)(C)C)C(C(=O)NCCC(=O)OCC)c1ccc(CC)cc1. The van der Waals surface area contributed by atoms with Crippen molar-refractivity contribution in [3.05, 3.63) is 35.4 Å². The molecule has 2 unspecified atom stereocenters. The first-order valence-corrected chi connectivity index (χ1v) is 14.4. The third kappa shape index (κ3) is 13.5. The quantitative estimate of drug-likeness (QED) is 0.189. The van der Waals surface area contributed by atoms with E-state index in [0.29, 0.717) is 12.0 Å². The van der Waals surface area contributed by atoms with Gasteiger partial charge in [0.1, 0.15) is 17.7 Å². The van der Waals surface area contributed by atoms with Crippen LogP contribution in [-0.4, -0.2) is 66.0 Å². The maximum atomic E-state index is 14.0. The van der Waals surface area contributed by atoms with E-state index in [0.717, 1.165) is 31.2 Å².